The van der Waals surface area contributed by atoms with Crippen LogP contribution in [0.2, 0.25) is 0 Å². The van der Waals surface area contributed by atoms with E-state index in [-0.39, 0.29) is 11.8 Å². The van der Waals surface area contributed by atoms with Crippen molar-refractivity contribution in [2.24, 2.45) is 0 Å². The van der Waals surface area contributed by atoms with Gasteiger partial charge >= 0.3 is 0 Å². The molecule has 0 spiro atoms. The van der Waals surface area contributed by atoms with Crippen LogP contribution in [0.4, 0.5) is 0 Å². The van der Waals surface area contributed by atoms with Crippen molar-refractivity contribution in [1.82, 2.24) is 14.6 Å². The molecule has 114 valence electrons. The van der Waals surface area contributed by atoms with Gasteiger partial charge in [-0.25, -0.2) is 12.7 Å². The van der Waals surface area contributed by atoms with Crippen molar-refractivity contribution in [1.29, 1.82) is 0 Å². The van der Waals surface area contributed by atoms with Crippen LogP contribution in [-0.4, -0.2) is 44.1 Å². The largest absolute Gasteiger partial charge is 0.309 e. The number of pyridine rings is 1. The predicted octanol–water partition coefficient (Wildman–Crippen LogP) is 1.55. The number of sulfonamides is 1. The summed E-state index contributed by atoms with van der Waals surface area (Å²) in [4.78, 5) is 4.47. The van der Waals surface area contributed by atoms with Gasteiger partial charge in [0, 0.05) is 38.1 Å². The monoisotopic (exact) mass is 299 g/mol. The summed E-state index contributed by atoms with van der Waals surface area (Å²) in [6, 6.07) is 2.14. The quantitative estimate of drug-likeness (QED) is 0.865. The highest BCUT2D eigenvalue weighted by molar-refractivity contribution is 7.89. The minimum atomic E-state index is -3.15. The van der Waals surface area contributed by atoms with Crippen molar-refractivity contribution in [2.45, 2.75) is 33.7 Å². The predicted molar refractivity (Wildman–Crippen MR) is 82.3 cm³/mol. The molecule has 0 aliphatic carbocycles. The highest BCUT2D eigenvalue weighted by atomic mass is 32.2. The molecule has 0 aliphatic heterocycles. The van der Waals surface area contributed by atoms with Gasteiger partial charge in [-0.2, -0.15) is 0 Å². The van der Waals surface area contributed by atoms with Gasteiger partial charge in [0.15, 0.2) is 0 Å². The average Bonchev–Trinajstić information content (AvgIpc) is 2.26. The summed E-state index contributed by atoms with van der Waals surface area (Å²) >= 11 is 0. The first-order valence-electron chi connectivity index (χ1n) is 6.73. The van der Waals surface area contributed by atoms with Gasteiger partial charge in [0.25, 0.3) is 0 Å². The van der Waals surface area contributed by atoms with E-state index in [0.717, 1.165) is 17.0 Å². The Morgan fingerprint density at radius 2 is 1.90 bits per heavy atom. The molecule has 1 heterocycles. The maximum atomic E-state index is 11.7. The van der Waals surface area contributed by atoms with Gasteiger partial charge in [-0.15, -0.1) is 0 Å². The lowest BCUT2D eigenvalue weighted by Crippen LogP contribution is -2.32. The summed E-state index contributed by atoms with van der Waals surface area (Å²) in [6.07, 6.45) is 0. The van der Waals surface area contributed by atoms with Gasteiger partial charge in [-0.1, -0.05) is 0 Å². The van der Waals surface area contributed by atoms with Crippen molar-refractivity contribution < 1.29 is 8.42 Å². The van der Waals surface area contributed by atoms with Crippen molar-refractivity contribution in [2.75, 3.05) is 26.4 Å². The van der Waals surface area contributed by atoms with Gasteiger partial charge in [0.2, 0.25) is 10.0 Å². The number of hydrogen-bond donors (Lipinski definition) is 1. The molecule has 6 heteroatoms. The highest BCUT2D eigenvalue weighted by Crippen LogP contribution is 2.20. The zero-order valence-corrected chi connectivity index (χ0v) is 14.0. The van der Waals surface area contributed by atoms with Gasteiger partial charge in [0.1, 0.15) is 0 Å². The van der Waals surface area contributed by atoms with Gasteiger partial charge in [0.05, 0.1) is 5.75 Å². The summed E-state index contributed by atoms with van der Waals surface area (Å²) in [6.45, 7) is 8.49. The molecular weight excluding hydrogens is 274 g/mol. The van der Waals surface area contributed by atoms with Crippen LogP contribution in [0.5, 0.6) is 0 Å². The fourth-order valence-electron chi connectivity index (χ4n) is 2.38. The molecule has 0 bridgehead atoms. The van der Waals surface area contributed by atoms with E-state index in [1.165, 1.54) is 9.87 Å². The van der Waals surface area contributed by atoms with E-state index in [0.29, 0.717) is 6.54 Å². The molecule has 1 N–H and O–H groups in total. The van der Waals surface area contributed by atoms with E-state index in [2.05, 4.69) is 23.3 Å². The maximum absolute atomic E-state index is 11.7. The van der Waals surface area contributed by atoms with Crippen molar-refractivity contribution in [3.05, 3.63) is 28.6 Å². The molecule has 0 saturated carbocycles. The first-order valence-corrected chi connectivity index (χ1v) is 8.34. The third-order valence-corrected chi connectivity index (χ3v) is 5.22. The van der Waals surface area contributed by atoms with E-state index < -0.39 is 10.0 Å². The van der Waals surface area contributed by atoms with Crippen molar-refractivity contribution >= 4 is 10.0 Å². The lowest BCUT2D eigenvalue weighted by atomic mass is 10.0. The Morgan fingerprint density at radius 1 is 1.30 bits per heavy atom. The van der Waals surface area contributed by atoms with E-state index in [1.807, 2.05) is 20.8 Å². The Hall–Kier alpha value is -0.980. The Bertz CT molecular complexity index is 545. The van der Waals surface area contributed by atoms with Crippen molar-refractivity contribution in [3.8, 4) is 0 Å². The smallest absolute Gasteiger partial charge is 0.214 e. The Labute approximate surface area is 122 Å². The summed E-state index contributed by atoms with van der Waals surface area (Å²) in [7, 11) is -0.0428. The normalized spacial score (nSPS) is 13.8. The number of rotatable bonds is 6. The molecule has 5 nitrogen and oxygen atoms in total. The summed E-state index contributed by atoms with van der Waals surface area (Å²) in [5.41, 5.74) is 4.34. The van der Waals surface area contributed by atoms with Crippen molar-refractivity contribution in [3.63, 3.8) is 0 Å². The van der Waals surface area contributed by atoms with Crippen LogP contribution in [0.15, 0.2) is 6.07 Å². The first-order chi connectivity index (χ1) is 9.15. The fraction of sp³-hybridized carbons (Fsp3) is 0.643. The van der Waals surface area contributed by atoms with Crippen LogP contribution < -0.4 is 5.32 Å². The molecule has 1 aromatic rings. The SMILES string of the molecule is Cc1cc(C)c(C(C)NCCS(=O)(=O)N(C)C)c(C)n1. The van der Waals surface area contributed by atoms with E-state index >= 15 is 0 Å². The second-order valence-electron chi connectivity index (χ2n) is 5.35. The number of aryl methyl sites for hydroxylation is 3. The second kappa shape index (κ2) is 6.65. The zero-order valence-electron chi connectivity index (χ0n) is 13.2. The topological polar surface area (TPSA) is 62.3 Å². The van der Waals surface area contributed by atoms with Crippen LogP contribution >= 0.6 is 0 Å². The zero-order chi connectivity index (χ0) is 15.5. The van der Waals surface area contributed by atoms with Crippen LogP contribution in [0.25, 0.3) is 0 Å². The second-order valence-corrected chi connectivity index (χ2v) is 7.66. The molecular formula is C14H25N3O2S. The maximum Gasteiger partial charge on any atom is 0.214 e. The molecule has 1 rings (SSSR count). The molecule has 0 saturated heterocycles. The minimum absolute atomic E-state index is 0.0838. The Balaban J connectivity index is 2.72. The molecule has 0 fully saturated rings. The molecule has 1 atom stereocenters. The molecule has 0 amide bonds. The van der Waals surface area contributed by atoms with Gasteiger partial charge in [-0.3, -0.25) is 4.98 Å². The standard InChI is InChI=1S/C14H25N3O2S/c1-10-9-11(2)16-13(4)14(10)12(3)15-7-8-20(18,19)17(5)6/h9,12,15H,7-8H2,1-6H3. The average molecular weight is 299 g/mol. The minimum Gasteiger partial charge on any atom is -0.309 e. The summed E-state index contributed by atoms with van der Waals surface area (Å²) < 4.78 is 24.7. The first kappa shape index (κ1) is 17.1. The van der Waals surface area contributed by atoms with Crippen LogP contribution in [0.1, 0.15) is 35.5 Å². The fourth-order valence-corrected chi connectivity index (χ4v) is 3.12. The van der Waals surface area contributed by atoms with Crippen LogP contribution in [0, 0.1) is 20.8 Å². The highest BCUT2D eigenvalue weighted by Gasteiger charge is 2.16. The third-order valence-electron chi connectivity index (χ3n) is 3.38. The number of nitrogens with zero attached hydrogens (tertiary/aromatic N) is 2. The molecule has 0 aromatic carbocycles. The van der Waals surface area contributed by atoms with E-state index in [4.69, 9.17) is 0 Å². The number of aromatic nitrogens is 1. The lowest BCUT2D eigenvalue weighted by molar-refractivity contribution is 0.512. The van der Waals surface area contributed by atoms with Gasteiger partial charge < -0.3 is 5.32 Å². The third kappa shape index (κ3) is 4.26. The molecule has 1 unspecified atom stereocenters. The Kier molecular flexibility index (Phi) is 5.68. The van der Waals surface area contributed by atoms with E-state index in [1.54, 1.807) is 14.1 Å². The van der Waals surface area contributed by atoms with Crippen LogP contribution in [-0.2, 0) is 10.0 Å². The summed E-state index contributed by atoms with van der Waals surface area (Å²) in [5, 5.41) is 3.27. The molecule has 1 aromatic heterocycles. The molecule has 0 aliphatic rings. The number of nitrogens with one attached hydrogen (secondary N) is 1. The molecule has 0 radical (unpaired) electrons. The molecule has 20 heavy (non-hydrogen) atoms. The lowest BCUT2D eigenvalue weighted by Gasteiger charge is -2.19. The van der Waals surface area contributed by atoms with E-state index in [9.17, 15) is 8.42 Å². The summed E-state index contributed by atoms with van der Waals surface area (Å²) in [5.74, 6) is 0.0989. The number of hydrogen-bond acceptors (Lipinski definition) is 4. The Morgan fingerprint density at radius 3 is 2.40 bits per heavy atom. The van der Waals surface area contributed by atoms with Gasteiger partial charge in [-0.05, 0) is 44.9 Å². The van der Waals surface area contributed by atoms with Crippen LogP contribution in [0.3, 0.4) is 0 Å².